The van der Waals surface area contributed by atoms with Gasteiger partial charge in [0.15, 0.2) is 0 Å². The van der Waals surface area contributed by atoms with Crippen LogP contribution >= 0.6 is 0 Å². The van der Waals surface area contributed by atoms with Gasteiger partial charge in [0.05, 0.1) is 10.6 Å². The Balaban J connectivity index is 2.85. The van der Waals surface area contributed by atoms with Gasteiger partial charge in [0.2, 0.25) is 0 Å². The fraction of sp³-hybridized carbons (Fsp3) is 0.167. The Morgan fingerprint density at radius 2 is 1.48 bits per heavy atom. The maximum atomic E-state index is 11.4. The maximum Gasteiger partial charge on any atom is 0.296 e. The monoisotopic (exact) mass is 331 g/mol. The molecule has 0 aliphatic carbocycles. The molecule has 0 radical (unpaired) electrons. The van der Waals surface area contributed by atoms with Crippen LogP contribution in [0, 0.1) is 0 Å². The second-order valence-corrected chi connectivity index (χ2v) is 7.48. The molecular weight excluding hydrogens is 318 g/mol. The highest BCUT2D eigenvalue weighted by atomic mass is 32.2. The molecule has 114 valence electrons. The number of hydrogen-bond donors (Lipinski definition) is 2. The predicted octanol–water partition coefficient (Wildman–Crippen LogP) is 1.40. The van der Waals surface area contributed by atoms with Crippen molar-refractivity contribution in [3.8, 4) is 0 Å². The van der Waals surface area contributed by atoms with Crippen LogP contribution < -0.4 is 4.90 Å². The van der Waals surface area contributed by atoms with E-state index in [0.717, 1.165) is 6.07 Å². The van der Waals surface area contributed by atoms with E-state index in [-0.39, 0.29) is 15.5 Å². The van der Waals surface area contributed by atoms with Crippen molar-refractivity contribution in [3.05, 3.63) is 30.3 Å². The van der Waals surface area contributed by atoms with Gasteiger partial charge in [-0.05, 0) is 35.0 Å². The van der Waals surface area contributed by atoms with Gasteiger partial charge in [-0.15, -0.1) is 0 Å². The van der Waals surface area contributed by atoms with E-state index in [1.54, 1.807) is 14.1 Å². The van der Waals surface area contributed by atoms with Crippen LogP contribution in [0.2, 0.25) is 0 Å². The lowest BCUT2D eigenvalue weighted by molar-refractivity contribution is 0.481. The van der Waals surface area contributed by atoms with E-state index in [1.807, 2.05) is 0 Å². The summed E-state index contributed by atoms with van der Waals surface area (Å²) in [5, 5.41) is 0.835. The largest absolute Gasteiger partial charge is 0.377 e. The first-order chi connectivity index (χ1) is 9.50. The van der Waals surface area contributed by atoms with Gasteiger partial charge in [0.1, 0.15) is 4.90 Å². The van der Waals surface area contributed by atoms with Crippen LogP contribution in [0.3, 0.4) is 0 Å². The zero-order chi connectivity index (χ0) is 16.0. The zero-order valence-corrected chi connectivity index (χ0v) is 12.8. The van der Waals surface area contributed by atoms with Gasteiger partial charge in [-0.3, -0.25) is 9.11 Å². The molecule has 0 unspecified atom stereocenters. The molecule has 0 amide bonds. The lowest BCUT2D eigenvalue weighted by Gasteiger charge is -2.17. The minimum atomic E-state index is -4.42. The third-order valence-electron chi connectivity index (χ3n) is 2.95. The molecule has 0 saturated carbocycles. The molecule has 0 bridgehead atoms. The molecule has 2 aromatic carbocycles. The van der Waals surface area contributed by atoms with Gasteiger partial charge >= 0.3 is 0 Å². The highest BCUT2D eigenvalue weighted by molar-refractivity contribution is 7.86. The van der Waals surface area contributed by atoms with Crippen LogP contribution in [-0.4, -0.2) is 40.0 Å². The van der Waals surface area contributed by atoms with E-state index in [2.05, 4.69) is 0 Å². The topological polar surface area (TPSA) is 112 Å². The van der Waals surface area contributed by atoms with E-state index in [9.17, 15) is 21.4 Å². The quantitative estimate of drug-likeness (QED) is 0.817. The second kappa shape index (κ2) is 4.95. The van der Waals surface area contributed by atoms with Crippen molar-refractivity contribution in [3.63, 3.8) is 0 Å². The van der Waals surface area contributed by atoms with Gasteiger partial charge < -0.3 is 4.90 Å². The lowest BCUT2D eigenvalue weighted by Crippen LogP contribution is -2.13. The SMILES string of the molecule is CN(C)c1cc2cc(S(=O)(=O)O)ccc2cc1S(=O)(=O)O. The Morgan fingerprint density at radius 1 is 0.857 bits per heavy atom. The molecule has 0 aliphatic heterocycles. The zero-order valence-electron chi connectivity index (χ0n) is 11.2. The molecule has 0 heterocycles. The van der Waals surface area contributed by atoms with Crippen LogP contribution in [0.5, 0.6) is 0 Å². The molecular formula is C12H13NO6S2. The van der Waals surface area contributed by atoms with E-state index in [1.165, 1.54) is 29.2 Å². The molecule has 2 N–H and O–H groups in total. The van der Waals surface area contributed by atoms with Crippen LogP contribution in [0.15, 0.2) is 40.1 Å². The number of fused-ring (bicyclic) bond motifs is 1. The van der Waals surface area contributed by atoms with Crippen LogP contribution in [0.4, 0.5) is 5.69 Å². The molecule has 2 aromatic rings. The Bertz CT molecular complexity index is 916. The molecule has 9 heteroatoms. The van der Waals surface area contributed by atoms with E-state index in [4.69, 9.17) is 4.55 Å². The standard InChI is InChI=1S/C12H13NO6S2/c1-13(2)11-6-9-5-10(20(14,15)16)4-3-8(9)7-12(11)21(17,18)19/h3-7H,1-2H3,(H,14,15,16)(H,17,18,19). The molecule has 0 aromatic heterocycles. The van der Waals surface area contributed by atoms with Crippen molar-refractivity contribution >= 4 is 36.7 Å². The summed E-state index contributed by atoms with van der Waals surface area (Å²) >= 11 is 0. The third kappa shape index (κ3) is 3.16. The maximum absolute atomic E-state index is 11.4. The summed E-state index contributed by atoms with van der Waals surface area (Å²) in [5.41, 5.74) is 0.206. The molecule has 0 fully saturated rings. The van der Waals surface area contributed by atoms with E-state index in [0.29, 0.717) is 10.8 Å². The van der Waals surface area contributed by atoms with Crippen molar-refractivity contribution in [2.24, 2.45) is 0 Å². The first kappa shape index (κ1) is 15.7. The van der Waals surface area contributed by atoms with Gasteiger partial charge in [-0.2, -0.15) is 16.8 Å². The number of benzene rings is 2. The fourth-order valence-corrected chi connectivity index (χ4v) is 3.26. The number of rotatable bonds is 3. The molecule has 0 spiro atoms. The summed E-state index contributed by atoms with van der Waals surface area (Å²) in [6.07, 6.45) is 0. The fourth-order valence-electron chi connectivity index (χ4n) is 1.96. The third-order valence-corrected chi connectivity index (χ3v) is 4.68. The van der Waals surface area contributed by atoms with Gasteiger partial charge in [-0.1, -0.05) is 6.07 Å². The van der Waals surface area contributed by atoms with Crippen LogP contribution in [0.1, 0.15) is 0 Å². The van der Waals surface area contributed by atoms with Crippen LogP contribution in [0.25, 0.3) is 10.8 Å². The average molecular weight is 331 g/mol. The summed E-state index contributed by atoms with van der Waals surface area (Å²) in [6.45, 7) is 0. The minimum Gasteiger partial charge on any atom is -0.377 e. The summed E-state index contributed by atoms with van der Waals surface area (Å²) in [7, 11) is -5.59. The van der Waals surface area contributed by atoms with Gasteiger partial charge in [-0.25, -0.2) is 0 Å². The van der Waals surface area contributed by atoms with Crippen molar-refractivity contribution < 1.29 is 25.9 Å². The minimum absolute atomic E-state index is 0.206. The number of nitrogens with zero attached hydrogens (tertiary/aromatic N) is 1. The summed E-state index contributed by atoms with van der Waals surface area (Å²) in [6, 6.07) is 6.40. The predicted molar refractivity (Wildman–Crippen MR) is 77.9 cm³/mol. The summed E-state index contributed by atoms with van der Waals surface area (Å²) < 4.78 is 63.4. The van der Waals surface area contributed by atoms with Crippen molar-refractivity contribution in [2.45, 2.75) is 9.79 Å². The molecule has 7 nitrogen and oxygen atoms in total. The lowest BCUT2D eigenvalue weighted by atomic mass is 10.1. The van der Waals surface area contributed by atoms with Crippen molar-refractivity contribution in [2.75, 3.05) is 19.0 Å². The van der Waals surface area contributed by atoms with Crippen molar-refractivity contribution in [1.82, 2.24) is 0 Å². The highest BCUT2D eigenvalue weighted by Crippen LogP contribution is 2.30. The number of anilines is 1. The molecule has 0 saturated heterocycles. The van der Waals surface area contributed by atoms with E-state index >= 15 is 0 Å². The average Bonchev–Trinajstić information content (AvgIpc) is 2.34. The highest BCUT2D eigenvalue weighted by Gasteiger charge is 2.19. The molecule has 0 atom stereocenters. The Morgan fingerprint density at radius 3 is 1.95 bits per heavy atom. The molecule has 2 rings (SSSR count). The second-order valence-electron chi connectivity index (χ2n) is 4.67. The summed E-state index contributed by atoms with van der Waals surface area (Å²) in [5.74, 6) is 0. The first-order valence-corrected chi connectivity index (χ1v) is 8.58. The Kier molecular flexibility index (Phi) is 3.70. The van der Waals surface area contributed by atoms with Crippen molar-refractivity contribution in [1.29, 1.82) is 0 Å². The normalized spacial score (nSPS) is 12.6. The molecule has 0 aliphatic rings. The Hall–Kier alpha value is -1.68. The first-order valence-electron chi connectivity index (χ1n) is 5.70. The molecule has 21 heavy (non-hydrogen) atoms. The van der Waals surface area contributed by atoms with Gasteiger partial charge in [0, 0.05) is 14.1 Å². The Labute approximate surface area is 122 Å². The summed E-state index contributed by atoms with van der Waals surface area (Å²) in [4.78, 5) is 0.904. The van der Waals surface area contributed by atoms with E-state index < -0.39 is 20.2 Å². The van der Waals surface area contributed by atoms with Crippen LogP contribution in [-0.2, 0) is 20.2 Å². The smallest absolute Gasteiger partial charge is 0.296 e. The number of hydrogen-bond acceptors (Lipinski definition) is 5. The van der Waals surface area contributed by atoms with Gasteiger partial charge in [0.25, 0.3) is 20.2 Å².